The summed E-state index contributed by atoms with van der Waals surface area (Å²) in [7, 11) is 0. The molecule has 5 heteroatoms. The number of amides is 2. The number of aromatic amines is 1. The monoisotopic (exact) mass is 377 g/mol. The molecular weight excluding hydrogens is 350 g/mol. The quantitative estimate of drug-likeness (QED) is 0.545. The summed E-state index contributed by atoms with van der Waals surface area (Å²) in [5.41, 5.74) is 4.20. The van der Waals surface area contributed by atoms with Crippen LogP contribution in [0.5, 0.6) is 0 Å². The Labute approximate surface area is 165 Å². The third-order valence-electron chi connectivity index (χ3n) is 4.83. The van der Waals surface area contributed by atoms with E-state index in [-0.39, 0.29) is 24.7 Å². The Morgan fingerprint density at radius 2 is 1.68 bits per heavy atom. The molecule has 3 aromatic rings. The highest BCUT2D eigenvalue weighted by molar-refractivity contribution is 5.94. The van der Waals surface area contributed by atoms with E-state index >= 15 is 0 Å². The molecular formula is C23H27N3O2. The lowest BCUT2D eigenvalue weighted by molar-refractivity contribution is -0.124. The second-order valence-electron chi connectivity index (χ2n) is 7.25. The third kappa shape index (κ3) is 5.00. The molecule has 2 amide bonds. The molecule has 5 nitrogen and oxygen atoms in total. The molecule has 0 radical (unpaired) electrons. The fourth-order valence-corrected chi connectivity index (χ4v) is 3.32. The van der Waals surface area contributed by atoms with Gasteiger partial charge in [-0.05, 0) is 35.6 Å². The Morgan fingerprint density at radius 3 is 2.50 bits per heavy atom. The molecule has 3 rings (SSSR count). The van der Waals surface area contributed by atoms with Gasteiger partial charge in [-0.3, -0.25) is 9.59 Å². The second kappa shape index (κ2) is 9.22. The van der Waals surface area contributed by atoms with E-state index < -0.39 is 0 Å². The van der Waals surface area contributed by atoms with Gasteiger partial charge in [0.15, 0.2) is 0 Å². The molecule has 0 spiro atoms. The van der Waals surface area contributed by atoms with Crippen molar-refractivity contribution < 1.29 is 9.59 Å². The van der Waals surface area contributed by atoms with Crippen molar-refractivity contribution in [3.8, 4) is 0 Å². The summed E-state index contributed by atoms with van der Waals surface area (Å²) in [6.45, 7) is 4.73. The van der Waals surface area contributed by atoms with Gasteiger partial charge in [0, 0.05) is 42.2 Å². The Hall–Kier alpha value is -3.08. The first-order valence-electron chi connectivity index (χ1n) is 9.75. The first-order chi connectivity index (χ1) is 13.5. The average molecular weight is 377 g/mol. The highest BCUT2D eigenvalue weighted by atomic mass is 16.2. The van der Waals surface area contributed by atoms with Gasteiger partial charge in [0.1, 0.15) is 0 Å². The van der Waals surface area contributed by atoms with Crippen molar-refractivity contribution in [3.05, 3.63) is 65.9 Å². The molecule has 3 N–H and O–H groups in total. The van der Waals surface area contributed by atoms with E-state index in [4.69, 9.17) is 0 Å². The molecule has 2 aromatic carbocycles. The highest BCUT2D eigenvalue weighted by Gasteiger charge is 2.11. The number of H-pyrrole nitrogens is 1. The molecule has 0 unspecified atom stereocenters. The number of hydrogen-bond donors (Lipinski definition) is 3. The zero-order chi connectivity index (χ0) is 19.9. The molecule has 146 valence electrons. The fourth-order valence-electron chi connectivity index (χ4n) is 3.32. The number of carbonyl (C=O) groups is 2. The topological polar surface area (TPSA) is 74.0 Å². The van der Waals surface area contributed by atoms with Crippen molar-refractivity contribution in [2.45, 2.75) is 39.0 Å². The molecule has 0 fully saturated rings. The predicted molar refractivity (Wildman–Crippen MR) is 113 cm³/mol. The zero-order valence-corrected chi connectivity index (χ0v) is 16.4. The summed E-state index contributed by atoms with van der Waals surface area (Å²) >= 11 is 0. The maximum atomic E-state index is 12.2. The average Bonchev–Trinajstić information content (AvgIpc) is 3.10. The summed E-state index contributed by atoms with van der Waals surface area (Å²) in [5, 5.41) is 7.00. The van der Waals surface area contributed by atoms with Crippen LogP contribution in [0.3, 0.4) is 0 Å². The Balaban J connectivity index is 1.42. The lowest BCUT2D eigenvalue weighted by Gasteiger charge is -2.13. The molecule has 1 heterocycles. The molecule has 28 heavy (non-hydrogen) atoms. The van der Waals surface area contributed by atoms with Crippen molar-refractivity contribution in [3.63, 3.8) is 0 Å². The number of aromatic nitrogens is 1. The van der Waals surface area contributed by atoms with Crippen molar-refractivity contribution in [1.29, 1.82) is 0 Å². The number of hydrogen-bond acceptors (Lipinski definition) is 2. The van der Waals surface area contributed by atoms with Gasteiger partial charge in [0.05, 0.1) is 0 Å². The Bertz CT molecular complexity index is 959. The number of anilines is 1. The van der Waals surface area contributed by atoms with E-state index in [0.717, 1.165) is 23.2 Å². The van der Waals surface area contributed by atoms with Crippen molar-refractivity contribution >= 4 is 28.4 Å². The van der Waals surface area contributed by atoms with Crippen molar-refractivity contribution in [2.75, 3.05) is 11.9 Å². The van der Waals surface area contributed by atoms with Gasteiger partial charge < -0.3 is 15.6 Å². The normalized spacial score (nSPS) is 11.0. The molecule has 0 aliphatic carbocycles. The van der Waals surface area contributed by atoms with Crippen LogP contribution in [0.15, 0.2) is 54.7 Å². The molecule has 0 saturated heterocycles. The van der Waals surface area contributed by atoms with Crippen LogP contribution in [0.1, 0.15) is 43.7 Å². The fraction of sp³-hybridized carbons (Fsp3) is 0.304. The summed E-state index contributed by atoms with van der Waals surface area (Å²) in [6.07, 6.45) is 3.09. The molecule has 0 saturated carbocycles. The number of benzene rings is 2. The minimum absolute atomic E-state index is 0.105. The van der Waals surface area contributed by atoms with Gasteiger partial charge in [0.2, 0.25) is 11.8 Å². The van der Waals surface area contributed by atoms with Crippen LogP contribution in [0.25, 0.3) is 10.9 Å². The van der Waals surface area contributed by atoms with Gasteiger partial charge in [0.25, 0.3) is 0 Å². The number of fused-ring (bicyclic) bond motifs is 1. The van der Waals surface area contributed by atoms with Gasteiger partial charge in [-0.25, -0.2) is 0 Å². The molecule has 0 bridgehead atoms. The number of para-hydroxylation sites is 2. The SMILES string of the molecule is CC(C)c1ccccc1NC(=O)CCC(=O)NCCc1c[nH]c2ccccc12. The molecule has 0 atom stereocenters. The van der Waals surface area contributed by atoms with E-state index in [1.165, 1.54) is 10.9 Å². The number of rotatable bonds is 8. The van der Waals surface area contributed by atoms with Gasteiger partial charge >= 0.3 is 0 Å². The van der Waals surface area contributed by atoms with Gasteiger partial charge in [-0.1, -0.05) is 50.2 Å². The summed E-state index contributed by atoms with van der Waals surface area (Å²) in [5.74, 6) is 0.0799. The van der Waals surface area contributed by atoms with Crippen LogP contribution in [0.4, 0.5) is 5.69 Å². The van der Waals surface area contributed by atoms with Crippen LogP contribution in [-0.4, -0.2) is 23.3 Å². The Morgan fingerprint density at radius 1 is 0.964 bits per heavy atom. The van der Waals surface area contributed by atoms with Crippen LogP contribution < -0.4 is 10.6 Å². The van der Waals surface area contributed by atoms with E-state index in [0.29, 0.717) is 12.5 Å². The number of nitrogens with one attached hydrogen (secondary N) is 3. The van der Waals surface area contributed by atoms with Crippen LogP contribution in [0, 0.1) is 0 Å². The lowest BCUT2D eigenvalue weighted by Crippen LogP contribution is -2.26. The Kier molecular flexibility index (Phi) is 6.48. The summed E-state index contributed by atoms with van der Waals surface area (Å²) in [4.78, 5) is 27.5. The minimum atomic E-state index is -0.139. The summed E-state index contributed by atoms with van der Waals surface area (Å²) < 4.78 is 0. The van der Waals surface area contributed by atoms with E-state index in [2.05, 4.69) is 35.5 Å². The molecule has 0 aliphatic heterocycles. The zero-order valence-electron chi connectivity index (χ0n) is 16.4. The van der Waals surface area contributed by atoms with Crippen LogP contribution in [0.2, 0.25) is 0 Å². The third-order valence-corrected chi connectivity index (χ3v) is 4.83. The van der Waals surface area contributed by atoms with Crippen LogP contribution >= 0.6 is 0 Å². The van der Waals surface area contributed by atoms with Gasteiger partial charge in [-0.2, -0.15) is 0 Å². The number of carbonyl (C=O) groups excluding carboxylic acids is 2. The molecule has 0 aliphatic rings. The maximum Gasteiger partial charge on any atom is 0.224 e. The lowest BCUT2D eigenvalue weighted by atomic mass is 10.0. The van der Waals surface area contributed by atoms with Gasteiger partial charge in [-0.15, -0.1) is 0 Å². The maximum absolute atomic E-state index is 12.2. The highest BCUT2D eigenvalue weighted by Crippen LogP contribution is 2.23. The first kappa shape index (κ1) is 19.7. The summed E-state index contributed by atoms with van der Waals surface area (Å²) in [6, 6.07) is 15.9. The minimum Gasteiger partial charge on any atom is -0.361 e. The van der Waals surface area contributed by atoms with E-state index in [1.807, 2.05) is 48.7 Å². The van der Waals surface area contributed by atoms with Crippen LogP contribution in [-0.2, 0) is 16.0 Å². The first-order valence-corrected chi connectivity index (χ1v) is 9.75. The molecule has 1 aromatic heterocycles. The second-order valence-corrected chi connectivity index (χ2v) is 7.25. The van der Waals surface area contributed by atoms with Crippen molar-refractivity contribution in [1.82, 2.24) is 10.3 Å². The smallest absolute Gasteiger partial charge is 0.224 e. The van der Waals surface area contributed by atoms with Crippen molar-refractivity contribution in [2.24, 2.45) is 0 Å². The largest absolute Gasteiger partial charge is 0.361 e. The van der Waals surface area contributed by atoms with E-state index in [1.54, 1.807) is 0 Å². The standard InChI is InChI=1S/C23H27N3O2/c1-16(2)18-7-3-6-10-21(18)26-23(28)12-11-22(27)24-14-13-17-15-25-20-9-5-4-8-19(17)20/h3-10,15-16,25H,11-14H2,1-2H3,(H,24,27)(H,26,28). The van der Waals surface area contributed by atoms with E-state index in [9.17, 15) is 9.59 Å². The predicted octanol–water partition coefficient (Wildman–Crippen LogP) is 4.37.